The first kappa shape index (κ1) is 15.3. The molecule has 0 saturated heterocycles. The monoisotopic (exact) mass is 313 g/mol. The van der Waals surface area contributed by atoms with Gasteiger partial charge in [-0.3, -0.25) is 13.9 Å². The number of nitrogens with zero attached hydrogens (tertiary/aromatic N) is 3. The van der Waals surface area contributed by atoms with E-state index in [1.54, 1.807) is 13.2 Å². The molecule has 2 heterocycles. The maximum Gasteiger partial charge on any atom is 0.330 e. The molecule has 0 spiro atoms. The number of fused-ring (bicyclic) bond motifs is 1. The van der Waals surface area contributed by atoms with Crippen LogP contribution in [0.2, 0.25) is 0 Å². The third-order valence-electron chi connectivity index (χ3n) is 4.25. The van der Waals surface area contributed by atoms with Crippen LogP contribution in [0, 0.1) is 6.92 Å². The predicted molar refractivity (Wildman–Crippen MR) is 89.7 cm³/mol. The minimum Gasteiger partial charge on any atom is -0.395 e. The summed E-state index contributed by atoms with van der Waals surface area (Å²) in [4.78, 5) is 24.9. The first-order valence-electron chi connectivity index (χ1n) is 7.43. The SMILES string of the molecule is Cc1ccccc1-c1c2c(=O)n(C)c(=O)n(C)c2cn1CCO. The molecule has 2 aromatic heterocycles. The Hall–Kier alpha value is -2.60. The number of rotatable bonds is 3. The van der Waals surface area contributed by atoms with Gasteiger partial charge in [-0.1, -0.05) is 24.3 Å². The van der Waals surface area contributed by atoms with E-state index in [4.69, 9.17) is 0 Å². The van der Waals surface area contributed by atoms with Crippen molar-refractivity contribution in [1.29, 1.82) is 0 Å². The lowest BCUT2D eigenvalue weighted by Crippen LogP contribution is -2.36. The summed E-state index contributed by atoms with van der Waals surface area (Å²) < 4.78 is 4.42. The van der Waals surface area contributed by atoms with E-state index < -0.39 is 0 Å². The van der Waals surface area contributed by atoms with E-state index in [-0.39, 0.29) is 17.9 Å². The second kappa shape index (κ2) is 5.55. The van der Waals surface area contributed by atoms with Crippen LogP contribution >= 0.6 is 0 Å². The summed E-state index contributed by atoms with van der Waals surface area (Å²) in [6, 6.07) is 7.78. The van der Waals surface area contributed by atoms with Crippen LogP contribution in [0.15, 0.2) is 40.1 Å². The zero-order chi connectivity index (χ0) is 16.7. The Morgan fingerprint density at radius 1 is 1.09 bits per heavy atom. The van der Waals surface area contributed by atoms with Gasteiger partial charge >= 0.3 is 5.69 Å². The van der Waals surface area contributed by atoms with Gasteiger partial charge in [0.1, 0.15) is 0 Å². The number of hydrogen-bond donors (Lipinski definition) is 1. The second-order valence-electron chi connectivity index (χ2n) is 5.68. The van der Waals surface area contributed by atoms with Gasteiger partial charge in [0.2, 0.25) is 0 Å². The summed E-state index contributed by atoms with van der Waals surface area (Å²) in [5, 5.41) is 9.86. The molecule has 3 rings (SSSR count). The van der Waals surface area contributed by atoms with E-state index in [2.05, 4.69) is 0 Å². The van der Waals surface area contributed by atoms with Crippen molar-refractivity contribution in [2.24, 2.45) is 14.1 Å². The quantitative estimate of drug-likeness (QED) is 0.784. The zero-order valence-electron chi connectivity index (χ0n) is 13.4. The van der Waals surface area contributed by atoms with Gasteiger partial charge < -0.3 is 9.67 Å². The zero-order valence-corrected chi connectivity index (χ0v) is 13.4. The smallest absolute Gasteiger partial charge is 0.330 e. The molecule has 0 unspecified atom stereocenters. The molecule has 0 fully saturated rings. The van der Waals surface area contributed by atoms with Gasteiger partial charge in [-0.05, 0) is 12.5 Å². The van der Waals surface area contributed by atoms with Crippen molar-refractivity contribution in [3.8, 4) is 11.3 Å². The van der Waals surface area contributed by atoms with Crippen LogP contribution in [0.3, 0.4) is 0 Å². The number of benzene rings is 1. The molecule has 0 aliphatic rings. The fourth-order valence-corrected chi connectivity index (χ4v) is 3.00. The highest BCUT2D eigenvalue weighted by Gasteiger charge is 2.19. The molecule has 0 aliphatic heterocycles. The predicted octanol–water partition coefficient (Wildman–Crippen LogP) is 1.01. The maximum atomic E-state index is 12.7. The standard InChI is InChI=1S/C17H19N3O3/c1-11-6-4-5-7-12(11)15-14-13(10-20(15)8-9-21)18(2)17(23)19(3)16(14)22/h4-7,10,21H,8-9H2,1-3H3. The van der Waals surface area contributed by atoms with Gasteiger partial charge in [0.25, 0.3) is 5.56 Å². The summed E-state index contributed by atoms with van der Waals surface area (Å²) in [6.07, 6.45) is 1.76. The van der Waals surface area contributed by atoms with Crippen LogP contribution < -0.4 is 11.2 Å². The first-order valence-corrected chi connectivity index (χ1v) is 7.43. The van der Waals surface area contributed by atoms with Crippen molar-refractivity contribution in [3.05, 3.63) is 56.9 Å². The van der Waals surface area contributed by atoms with Crippen LogP contribution in [0.4, 0.5) is 0 Å². The van der Waals surface area contributed by atoms with Crippen LogP contribution in [-0.4, -0.2) is 25.4 Å². The molecular formula is C17H19N3O3. The lowest BCUT2D eigenvalue weighted by atomic mass is 10.0. The van der Waals surface area contributed by atoms with Crippen LogP contribution in [0.25, 0.3) is 22.2 Å². The van der Waals surface area contributed by atoms with Gasteiger partial charge in [-0.15, -0.1) is 0 Å². The summed E-state index contributed by atoms with van der Waals surface area (Å²) in [5.74, 6) is 0. The topological polar surface area (TPSA) is 69.2 Å². The normalized spacial score (nSPS) is 11.3. The number of hydrogen-bond acceptors (Lipinski definition) is 3. The summed E-state index contributed by atoms with van der Waals surface area (Å²) >= 11 is 0. The van der Waals surface area contributed by atoms with Crippen molar-refractivity contribution in [3.63, 3.8) is 0 Å². The fourth-order valence-electron chi connectivity index (χ4n) is 3.00. The van der Waals surface area contributed by atoms with Gasteiger partial charge in [0.15, 0.2) is 0 Å². The average molecular weight is 313 g/mol. The van der Waals surface area contributed by atoms with E-state index in [1.165, 1.54) is 11.6 Å². The van der Waals surface area contributed by atoms with E-state index in [9.17, 15) is 14.7 Å². The molecule has 0 bridgehead atoms. The van der Waals surface area contributed by atoms with Gasteiger partial charge in [-0.2, -0.15) is 0 Å². The van der Waals surface area contributed by atoms with Crippen molar-refractivity contribution >= 4 is 10.9 Å². The molecule has 120 valence electrons. The molecule has 1 aromatic carbocycles. The van der Waals surface area contributed by atoms with Crippen LogP contribution in [0.1, 0.15) is 5.56 Å². The maximum absolute atomic E-state index is 12.7. The molecular weight excluding hydrogens is 294 g/mol. The molecule has 0 amide bonds. The van der Waals surface area contributed by atoms with Crippen LogP contribution in [-0.2, 0) is 20.6 Å². The van der Waals surface area contributed by atoms with E-state index in [1.807, 2.05) is 35.8 Å². The molecule has 23 heavy (non-hydrogen) atoms. The third kappa shape index (κ3) is 2.22. The summed E-state index contributed by atoms with van der Waals surface area (Å²) in [7, 11) is 3.13. The minimum atomic E-state index is -0.361. The van der Waals surface area contributed by atoms with E-state index in [0.29, 0.717) is 17.4 Å². The minimum absolute atomic E-state index is 0.0475. The van der Waals surface area contributed by atoms with Crippen LogP contribution in [0.5, 0.6) is 0 Å². The number of aryl methyl sites for hydroxylation is 2. The van der Waals surface area contributed by atoms with Crippen molar-refractivity contribution in [2.75, 3.05) is 6.61 Å². The number of aromatic nitrogens is 3. The Morgan fingerprint density at radius 3 is 2.43 bits per heavy atom. The molecule has 0 aliphatic carbocycles. The summed E-state index contributed by atoms with van der Waals surface area (Å²) in [5.41, 5.74) is 2.58. The average Bonchev–Trinajstić information content (AvgIpc) is 2.91. The number of aliphatic hydroxyl groups excluding tert-OH is 1. The van der Waals surface area contributed by atoms with E-state index in [0.717, 1.165) is 21.4 Å². The Morgan fingerprint density at radius 2 is 1.78 bits per heavy atom. The third-order valence-corrected chi connectivity index (χ3v) is 4.25. The summed E-state index contributed by atoms with van der Waals surface area (Å²) in [6.45, 7) is 2.29. The molecule has 3 aromatic rings. The molecule has 1 N–H and O–H groups in total. The molecule has 6 heteroatoms. The van der Waals surface area contributed by atoms with Crippen molar-refractivity contribution in [1.82, 2.24) is 13.7 Å². The van der Waals surface area contributed by atoms with Crippen molar-refractivity contribution < 1.29 is 5.11 Å². The Kier molecular flexibility index (Phi) is 3.69. The Balaban J connectivity index is 2.54. The van der Waals surface area contributed by atoms with Gasteiger partial charge in [0.05, 0.1) is 23.2 Å². The number of aliphatic hydroxyl groups is 1. The van der Waals surface area contributed by atoms with Gasteiger partial charge in [-0.25, -0.2) is 4.79 Å². The first-order chi connectivity index (χ1) is 11.0. The molecule has 6 nitrogen and oxygen atoms in total. The highest BCUT2D eigenvalue weighted by atomic mass is 16.3. The lowest BCUT2D eigenvalue weighted by molar-refractivity contribution is 0.277. The Bertz CT molecular complexity index is 1010. The van der Waals surface area contributed by atoms with E-state index >= 15 is 0 Å². The largest absolute Gasteiger partial charge is 0.395 e. The lowest BCUT2D eigenvalue weighted by Gasteiger charge is -2.11. The highest BCUT2D eigenvalue weighted by Crippen LogP contribution is 2.30. The molecule has 0 saturated carbocycles. The van der Waals surface area contributed by atoms with Gasteiger partial charge in [0, 0.05) is 32.4 Å². The molecule has 0 radical (unpaired) electrons. The second-order valence-corrected chi connectivity index (χ2v) is 5.68. The fraction of sp³-hybridized carbons (Fsp3) is 0.294. The van der Waals surface area contributed by atoms with Crippen molar-refractivity contribution in [2.45, 2.75) is 13.5 Å². The molecule has 0 atom stereocenters. The Labute approximate surface area is 132 Å². The highest BCUT2D eigenvalue weighted by molar-refractivity contribution is 5.94.